The molecule has 1 fully saturated rings. The van der Waals surface area contributed by atoms with Gasteiger partial charge in [-0.25, -0.2) is 4.98 Å². The van der Waals surface area contributed by atoms with E-state index in [-0.39, 0.29) is 24.1 Å². The highest BCUT2D eigenvalue weighted by Gasteiger charge is 2.33. The number of fused-ring (bicyclic) bond motifs is 1. The summed E-state index contributed by atoms with van der Waals surface area (Å²) in [6.45, 7) is 9.50. The average molecular weight is 593 g/mol. The van der Waals surface area contributed by atoms with Gasteiger partial charge < -0.3 is 19.9 Å². The van der Waals surface area contributed by atoms with Gasteiger partial charge in [-0.05, 0) is 63.1 Å². The third-order valence-corrected chi connectivity index (χ3v) is 7.61. The van der Waals surface area contributed by atoms with Gasteiger partial charge >= 0.3 is 6.36 Å². The summed E-state index contributed by atoms with van der Waals surface area (Å²) in [4.78, 5) is 27.0. The molecule has 0 aromatic carbocycles. The summed E-state index contributed by atoms with van der Waals surface area (Å²) >= 11 is 0. The van der Waals surface area contributed by atoms with Gasteiger partial charge in [0.15, 0.2) is 0 Å². The molecule has 0 radical (unpaired) electrons. The van der Waals surface area contributed by atoms with Crippen LogP contribution in [0.15, 0.2) is 82.1 Å². The van der Waals surface area contributed by atoms with Gasteiger partial charge in [-0.15, -0.1) is 18.9 Å². The number of hydrogen-bond donors (Lipinski definition) is 1. The van der Waals surface area contributed by atoms with E-state index in [1.807, 2.05) is 35.5 Å². The molecule has 2 aliphatic heterocycles. The molecule has 1 N–H and O–H groups in total. The normalized spacial score (nSPS) is 21.0. The number of anilines is 1. The lowest BCUT2D eigenvalue weighted by atomic mass is 10.1. The standard InChI is InChI=1S/C32H35F3N6O2/c1-21-8-5-6-9-25(18-21)40-17-16-39(20-23(40)3)31(42)24(4)37-30-29(38-28-12-13-36-14-15-41(28)30)27-11-7-10-26(19-22(27)2)43-32(33,34)35/h5-7,9,11,13-15,18-19,23-24,37H,10,12,16-17,20H2,1-4H3. The zero-order valence-corrected chi connectivity index (χ0v) is 24.7. The summed E-state index contributed by atoms with van der Waals surface area (Å²) in [7, 11) is 0. The van der Waals surface area contributed by atoms with Crippen molar-refractivity contribution < 1.29 is 22.7 Å². The molecule has 1 amide bonds. The molecule has 2 aliphatic carbocycles. The monoisotopic (exact) mass is 592 g/mol. The largest absolute Gasteiger partial charge is 0.572 e. The van der Waals surface area contributed by atoms with Crippen LogP contribution in [-0.4, -0.2) is 69.6 Å². The SMILES string of the molecule is CC1=C=CC=CC(N2CCN(C(=O)C(C)Nc3c(C4=C(C)C=C(OC(F)(F)F)CC=C4)nc4n3C=CN=CC4)CC2C)=C1. The summed E-state index contributed by atoms with van der Waals surface area (Å²) in [6.07, 6.45) is 13.6. The number of nitrogens with one attached hydrogen (secondary N) is 1. The summed E-state index contributed by atoms with van der Waals surface area (Å²) in [5.41, 5.74) is 7.10. The van der Waals surface area contributed by atoms with Crippen molar-refractivity contribution in [1.29, 1.82) is 0 Å². The lowest BCUT2D eigenvalue weighted by Gasteiger charge is -2.42. The van der Waals surface area contributed by atoms with Crippen molar-refractivity contribution >= 4 is 29.7 Å². The molecule has 0 bridgehead atoms. The minimum absolute atomic E-state index is 0.0125. The number of alkyl halides is 3. The van der Waals surface area contributed by atoms with Crippen molar-refractivity contribution in [1.82, 2.24) is 19.4 Å². The van der Waals surface area contributed by atoms with Crippen molar-refractivity contribution in [2.24, 2.45) is 4.99 Å². The quantitative estimate of drug-likeness (QED) is 0.412. The Morgan fingerprint density at radius 2 is 2.00 bits per heavy atom. The Morgan fingerprint density at radius 3 is 2.77 bits per heavy atom. The van der Waals surface area contributed by atoms with Crippen molar-refractivity contribution in [2.45, 2.75) is 59.0 Å². The van der Waals surface area contributed by atoms with Gasteiger partial charge in [0.25, 0.3) is 0 Å². The summed E-state index contributed by atoms with van der Waals surface area (Å²) < 4.78 is 44.8. The molecule has 0 saturated carbocycles. The number of carbonyl (C=O) groups excluding carboxylic acids is 1. The van der Waals surface area contributed by atoms with Gasteiger partial charge in [-0.3, -0.25) is 14.4 Å². The summed E-state index contributed by atoms with van der Waals surface area (Å²) in [5, 5.41) is 3.39. The van der Waals surface area contributed by atoms with Crippen LogP contribution in [0.5, 0.6) is 0 Å². The number of aromatic nitrogens is 2. The number of hydrogen-bond acceptors (Lipinski definition) is 6. The van der Waals surface area contributed by atoms with Crippen molar-refractivity contribution in [3.8, 4) is 0 Å². The molecule has 1 saturated heterocycles. The van der Waals surface area contributed by atoms with E-state index in [4.69, 9.17) is 4.98 Å². The first kappa shape index (κ1) is 30.0. The maximum absolute atomic E-state index is 13.7. The summed E-state index contributed by atoms with van der Waals surface area (Å²) in [5.74, 6) is 1.01. The first-order valence-electron chi connectivity index (χ1n) is 14.3. The number of carbonyl (C=O) groups is 1. The second-order valence-electron chi connectivity index (χ2n) is 10.9. The van der Waals surface area contributed by atoms with Crippen LogP contribution >= 0.6 is 0 Å². The molecule has 5 rings (SSSR count). The Hall–Kier alpha value is -4.50. The van der Waals surface area contributed by atoms with Crippen LogP contribution in [0, 0.1) is 0 Å². The van der Waals surface area contributed by atoms with Gasteiger partial charge in [-0.1, -0.05) is 18.2 Å². The Morgan fingerprint density at radius 1 is 1.19 bits per heavy atom. The number of piperazine rings is 1. The minimum Gasteiger partial charge on any atom is -0.410 e. The zero-order chi connectivity index (χ0) is 30.7. The third kappa shape index (κ3) is 6.94. The number of ether oxygens (including phenoxy) is 1. The zero-order valence-electron chi connectivity index (χ0n) is 24.7. The van der Waals surface area contributed by atoms with Gasteiger partial charge in [-0.2, -0.15) is 0 Å². The maximum Gasteiger partial charge on any atom is 0.572 e. The van der Waals surface area contributed by atoms with Crippen LogP contribution in [-0.2, 0) is 16.0 Å². The number of halogens is 3. The van der Waals surface area contributed by atoms with E-state index < -0.39 is 12.4 Å². The van der Waals surface area contributed by atoms with Crippen LogP contribution in [0.25, 0.3) is 11.8 Å². The fourth-order valence-electron chi connectivity index (χ4n) is 5.60. The van der Waals surface area contributed by atoms with Gasteiger partial charge in [0.2, 0.25) is 5.91 Å². The first-order chi connectivity index (χ1) is 20.5. The Balaban J connectivity index is 1.38. The van der Waals surface area contributed by atoms with Gasteiger partial charge in [0, 0.05) is 68.4 Å². The van der Waals surface area contributed by atoms with Crippen molar-refractivity contribution in [3.63, 3.8) is 0 Å². The number of allylic oxidation sites excluding steroid dienone is 9. The number of imidazole rings is 1. The molecule has 226 valence electrons. The van der Waals surface area contributed by atoms with Crippen LogP contribution < -0.4 is 5.32 Å². The topological polar surface area (TPSA) is 75.0 Å². The molecular formula is C32H35F3N6O2. The Labute approximate surface area is 249 Å². The van der Waals surface area contributed by atoms with Gasteiger partial charge in [0.1, 0.15) is 29.1 Å². The highest BCUT2D eigenvalue weighted by atomic mass is 19.4. The molecule has 11 heteroatoms. The molecule has 0 spiro atoms. The van der Waals surface area contributed by atoms with Crippen molar-refractivity contribution in [2.75, 3.05) is 25.0 Å². The molecule has 1 aromatic heterocycles. The predicted molar refractivity (Wildman–Crippen MR) is 162 cm³/mol. The van der Waals surface area contributed by atoms with Crippen LogP contribution in [0.2, 0.25) is 0 Å². The highest BCUT2D eigenvalue weighted by molar-refractivity contribution is 5.88. The third-order valence-electron chi connectivity index (χ3n) is 7.61. The number of nitrogens with zero attached hydrogens (tertiary/aromatic N) is 5. The van der Waals surface area contributed by atoms with E-state index in [0.717, 1.165) is 11.3 Å². The molecule has 4 aliphatic rings. The second kappa shape index (κ2) is 12.4. The fourth-order valence-corrected chi connectivity index (χ4v) is 5.60. The molecule has 2 unspecified atom stereocenters. The Bertz CT molecular complexity index is 1560. The second-order valence-corrected chi connectivity index (χ2v) is 10.9. The van der Waals surface area contributed by atoms with E-state index in [1.54, 1.807) is 37.7 Å². The fraction of sp³-hybridized carbons (Fsp3) is 0.375. The predicted octanol–water partition coefficient (Wildman–Crippen LogP) is 5.98. The molecule has 8 nitrogen and oxygen atoms in total. The Kier molecular flexibility index (Phi) is 8.64. The van der Waals surface area contributed by atoms with Crippen LogP contribution in [0.4, 0.5) is 19.0 Å². The van der Waals surface area contributed by atoms with Crippen molar-refractivity contribution in [3.05, 3.63) is 88.6 Å². The van der Waals surface area contributed by atoms with E-state index >= 15 is 0 Å². The van der Waals surface area contributed by atoms with Crippen LogP contribution in [0.3, 0.4) is 0 Å². The van der Waals surface area contributed by atoms with E-state index in [1.165, 1.54) is 6.08 Å². The molecule has 43 heavy (non-hydrogen) atoms. The van der Waals surface area contributed by atoms with Gasteiger partial charge in [0.05, 0.1) is 0 Å². The number of amides is 1. The average Bonchev–Trinajstić information content (AvgIpc) is 3.18. The van der Waals surface area contributed by atoms with Crippen LogP contribution in [0.1, 0.15) is 45.6 Å². The molecule has 2 atom stereocenters. The number of rotatable bonds is 6. The molecular weight excluding hydrogens is 557 g/mol. The molecule has 1 aromatic rings. The summed E-state index contributed by atoms with van der Waals surface area (Å²) in [6, 6.07) is -0.491. The molecule has 3 heterocycles. The first-order valence-corrected chi connectivity index (χ1v) is 14.3. The van der Waals surface area contributed by atoms with E-state index in [2.05, 4.69) is 44.8 Å². The maximum atomic E-state index is 13.7. The van der Waals surface area contributed by atoms with E-state index in [0.29, 0.717) is 54.5 Å². The smallest absolute Gasteiger partial charge is 0.410 e. The lowest BCUT2D eigenvalue weighted by Crippen LogP contribution is -2.55. The highest BCUT2D eigenvalue weighted by Crippen LogP contribution is 2.34. The van der Waals surface area contributed by atoms with E-state index in [9.17, 15) is 18.0 Å². The number of aliphatic imine (C=N–C) groups is 1. The minimum atomic E-state index is -4.78. The lowest BCUT2D eigenvalue weighted by molar-refractivity contribution is -0.306.